The second kappa shape index (κ2) is 12.6. The number of hydrogen-bond donors (Lipinski definition) is 2. The number of rotatable bonds is 10. The van der Waals surface area contributed by atoms with Gasteiger partial charge in [-0.25, -0.2) is 18.0 Å². The Morgan fingerprint density at radius 3 is 2.67 bits per heavy atom. The van der Waals surface area contributed by atoms with Gasteiger partial charge in [-0.05, 0) is 37.1 Å². The minimum absolute atomic E-state index is 0.135. The van der Waals surface area contributed by atoms with Crippen molar-refractivity contribution >= 4 is 35.2 Å². The summed E-state index contributed by atoms with van der Waals surface area (Å²) in [6.45, 7) is 1.96. The summed E-state index contributed by atoms with van der Waals surface area (Å²) in [6.07, 6.45) is -0.384. The highest BCUT2D eigenvalue weighted by molar-refractivity contribution is 8.00. The first-order valence-corrected chi connectivity index (χ1v) is 12.2. The Bertz CT molecular complexity index is 1120. The smallest absolute Gasteiger partial charge is 0.344 e. The normalized spacial score (nSPS) is 15.9. The molecule has 2 unspecified atom stereocenters. The van der Waals surface area contributed by atoms with Gasteiger partial charge in [0.2, 0.25) is 5.91 Å². The number of ether oxygens (including phenoxy) is 2. The summed E-state index contributed by atoms with van der Waals surface area (Å²) >= 11 is 1.28. The van der Waals surface area contributed by atoms with Crippen LogP contribution in [0.25, 0.3) is 0 Å². The van der Waals surface area contributed by atoms with E-state index in [1.807, 2.05) is 0 Å². The largest absolute Gasteiger partial charge is 0.482 e. The molecule has 1 fully saturated rings. The van der Waals surface area contributed by atoms with Crippen molar-refractivity contribution < 1.29 is 37.0 Å². The minimum Gasteiger partial charge on any atom is -0.482 e. The highest BCUT2D eigenvalue weighted by Crippen LogP contribution is 2.27. The fourth-order valence-corrected chi connectivity index (χ4v) is 4.71. The Kier molecular flexibility index (Phi) is 9.59. The van der Waals surface area contributed by atoms with E-state index < -0.39 is 46.7 Å². The molecule has 0 aromatic heterocycles. The van der Waals surface area contributed by atoms with Crippen LogP contribution in [0.5, 0.6) is 5.75 Å². The summed E-state index contributed by atoms with van der Waals surface area (Å²) in [6, 6.07) is 6.72. The average Bonchev–Trinajstić information content (AvgIpc) is 3.32. The van der Waals surface area contributed by atoms with E-state index in [1.54, 1.807) is 25.1 Å². The third-order valence-corrected chi connectivity index (χ3v) is 6.41. The summed E-state index contributed by atoms with van der Waals surface area (Å²) in [7, 11) is 0. The number of amides is 2. The highest BCUT2D eigenvalue weighted by atomic mass is 32.2. The van der Waals surface area contributed by atoms with Gasteiger partial charge in [-0.15, -0.1) is 11.8 Å². The van der Waals surface area contributed by atoms with Crippen LogP contribution in [-0.4, -0.2) is 59.6 Å². The molecule has 2 aromatic carbocycles. The monoisotopic (exact) mass is 525 g/mol. The lowest BCUT2D eigenvalue weighted by Gasteiger charge is -2.24. The van der Waals surface area contributed by atoms with E-state index in [1.165, 1.54) is 22.7 Å². The Balaban J connectivity index is 1.57. The number of nitrogens with one attached hydrogen (secondary N) is 1. The summed E-state index contributed by atoms with van der Waals surface area (Å²) in [4.78, 5) is 38.6. The number of carbonyl (C=O) groups excluding carboxylic acids is 3. The fourth-order valence-electron chi connectivity index (χ4n) is 3.57. The van der Waals surface area contributed by atoms with Crippen LogP contribution in [0.15, 0.2) is 36.4 Å². The van der Waals surface area contributed by atoms with Crippen molar-refractivity contribution in [2.45, 2.75) is 31.2 Å². The molecular formula is C24H26F3N3O5S. The second-order valence-corrected chi connectivity index (χ2v) is 9.14. The highest BCUT2D eigenvalue weighted by Gasteiger charge is 2.35. The van der Waals surface area contributed by atoms with Crippen molar-refractivity contribution in [2.24, 2.45) is 5.73 Å². The molecule has 0 spiro atoms. The fraction of sp³-hybridized carbons (Fsp3) is 0.375. The lowest BCUT2D eigenvalue weighted by atomic mass is 10.0. The number of benzene rings is 2. The molecular weight excluding hydrogens is 499 g/mol. The summed E-state index contributed by atoms with van der Waals surface area (Å²) in [5, 5.41) is 1.91. The molecule has 8 nitrogen and oxygen atoms in total. The van der Waals surface area contributed by atoms with Gasteiger partial charge in [0.25, 0.3) is 5.91 Å². The molecule has 3 N–H and O–H groups in total. The van der Waals surface area contributed by atoms with Gasteiger partial charge < -0.3 is 25.4 Å². The maximum Gasteiger partial charge on any atom is 0.344 e. The van der Waals surface area contributed by atoms with Gasteiger partial charge in [0.1, 0.15) is 11.6 Å². The van der Waals surface area contributed by atoms with Crippen LogP contribution in [0, 0.1) is 17.5 Å². The number of nitrogens with zero attached hydrogens (tertiary/aromatic N) is 1. The summed E-state index contributed by atoms with van der Waals surface area (Å²) < 4.78 is 50.6. The van der Waals surface area contributed by atoms with Crippen molar-refractivity contribution in [2.75, 3.05) is 30.8 Å². The zero-order valence-corrected chi connectivity index (χ0v) is 20.3. The molecule has 3 rings (SSSR count). The zero-order valence-electron chi connectivity index (χ0n) is 19.5. The van der Waals surface area contributed by atoms with Gasteiger partial charge in [-0.3, -0.25) is 9.59 Å². The molecule has 1 saturated heterocycles. The van der Waals surface area contributed by atoms with Gasteiger partial charge in [0, 0.05) is 42.6 Å². The van der Waals surface area contributed by atoms with Crippen molar-refractivity contribution in [3.63, 3.8) is 0 Å². The molecule has 12 heteroatoms. The number of thioether (sulfide) groups is 1. The molecule has 2 amide bonds. The van der Waals surface area contributed by atoms with Crippen molar-refractivity contribution in [1.82, 2.24) is 4.90 Å². The first kappa shape index (κ1) is 27.3. The van der Waals surface area contributed by atoms with Gasteiger partial charge in [-0.2, -0.15) is 0 Å². The first-order chi connectivity index (χ1) is 17.2. The summed E-state index contributed by atoms with van der Waals surface area (Å²) in [5.74, 6) is -3.94. The topological polar surface area (TPSA) is 111 Å². The Morgan fingerprint density at radius 2 is 1.92 bits per heavy atom. The number of nitrogens with two attached hydrogens (primary N) is 1. The zero-order chi connectivity index (χ0) is 26.2. The van der Waals surface area contributed by atoms with E-state index in [4.69, 9.17) is 15.2 Å². The van der Waals surface area contributed by atoms with E-state index >= 15 is 0 Å². The number of halogens is 3. The van der Waals surface area contributed by atoms with Gasteiger partial charge in [0.15, 0.2) is 23.6 Å². The summed E-state index contributed by atoms with van der Waals surface area (Å²) in [5.41, 5.74) is 6.25. The van der Waals surface area contributed by atoms with Crippen LogP contribution >= 0.6 is 11.8 Å². The van der Waals surface area contributed by atoms with Crippen LogP contribution in [0.2, 0.25) is 0 Å². The third kappa shape index (κ3) is 7.37. The lowest BCUT2D eigenvalue weighted by Crippen LogP contribution is -2.44. The SMILES string of the molecule is CCOC(=O)COc1cccc(NC(=O)C2SCCN2C(=O)CC(N)Cc2cc(F)c(F)cc2F)c1. The van der Waals surface area contributed by atoms with Gasteiger partial charge >= 0.3 is 5.97 Å². The van der Waals surface area contributed by atoms with Crippen LogP contribution in [0.4, 0.5) is 18.9 Å². The van der Waals surface area contributed by atoms with Gasteiger partial charge in [0.05, 0.1) is 6.61 Å². The second-order valence-electron chi connectivity index (χ2n) is 7.95. The van der Waals surface area contributed by atoms with Crippen molar-refractivity contribution in [1.29, 1.82) is 0 Å². The number of hydrogen-bond acceptors (Lipinski definition) is 7. The van der Waals surface area contributed by atoms with E-state index in [9.17, 15) is 27.6 Å². The van der Waals surface area contributed by atoms with Crippen LogP contribution < -0.4 is 15.8 Å². The standard InChI is InChI=1S/C24H26F3N3O5S/c1-2-34-22(32)13-35-17-5-3-4-16(11-17)29-23(33)24-30(6-7-36-24)21(31)10-15(28)8-14-9-19(26)20(27)12-18(14)25/h3-5,9,11-12,15,24H,2,6-8,10,13,28H2,1H3,(H,29,33). The number of esters is 1. The average molecular weight is 526 g/mol. The molecule has 0 saturated carbocycles. The maximum absolute atomic E-state index is 13.9. The lowest BCUT2D eigenvalue weighted by molar-refractivity contribution is -0.145. The van der Waals surface area contributed by atoms with Crippen LogP contribution in [0.3, 0.4) is 0 Å². The predicted octanol–water partition coefficient (Wildman–Crippen LogP) is 2.85. The number of carbonyl (C=O) groups is 3. The van der Waals surface area contributed by atoms with Crippen LogP contribution in [-0.2, 0) is 25.5 Å². The maximum atomic E-state index is 13.9. The quantitative estimate of drug-likeness (QED) is 0.363. The van der Waals surface area contributed by atoms with Crippen molar-refractivity contribution in [3.05, 3.63) is 59.4 Å². The van der Waals surface area contributed by atoms with E-state index in [0.29, 0.717) is 29.8 Å². The van der Waals surface area contributed by atoms with Gasteiger partial charge in [-0.1, -0.05) is 6.07 Å². The molecule has 0 radical (unpaired) electrons. The molecule has 2 aromatic rings. The van der Waals surface area contributed by atoms with Crippen LogP contribution in [0.1, 0.15) is 18.9 Å². The van der Waals surface area contributed by atoms with E-state index in [0.717, 1.165) is 6.07 Å². The molecule has 1 aliphatic heterocycles. The molecule has 1 aliphatic rings. The van der Waals surface area contributed by atoms with E-state index in [-0.39, 0.29) is 31.6 Å². The predicted molar refractivity (Wildman–Crippen MR) is 128 cm³/mol. The molecule has 0 bridgehead atoms. The van der Waals surface area contributed by atoms with E-state index in [2.05, 4.69) is 5.32 Å². The molecule has 1 heterocycles. The Morgan fingerprint density at radius 1 is 1.17 bits per heavy atom. The first-order valence-electron chi connectivity index (χ1n) is 11.2. The van der Waals surface area contributed by atoms with Crippen molar-refractivity contribution in [3.8, 4) is 5.75 Å². The molecule has 0 aliphatic carbocycles. The molecule has 194 valence electrons. The molecule has 2 atom stereocenters. The molecule has 36 heavy (non-hydrogen) atoms. The number of anilines is 1. The Labute approximate surface area is 210 Å². The Hall–Kier alpha value is -3.25. The minimum atomic E-state index is -1.31. The third-order valence-electron chi connectivity index (χ3n) is 5.21.